The van der Waals surface area contributed by atoms with Crippen LogP contribution in [-0.4, -0.2) is 71.0 Å². The minimum Gasteiger partial charge on any atom is -0.377 e. The molecule has 2 aliphatic heterocycles. The average molecular weight is 437 g/mol. The number of nitrogens with one attached hydrogen (secondary N) is 2. The fourth-order valence-electron chi connectivity index (χ4n) is 4.19. The maximum atomic E-state index is 12.3. The smallest absolute Gasteiger partial charge is 0.213 e. The van der Waals surface area contributed by atoms with Gasteiger partial charge in [-0.3, -0.25) is 4.99 Å². The SMILES string of the molecule is CN=C(NCCS(=O)(=O)NCC1CCCCO1)N1CCC(Cc2ccccc2)CC1. The molecule has 0 bridgehead atoms. The van der Waals surface area contributed by atoms with Crippen molar-refractivity contribution < 1.29 is 13.2 Å². The van der Waals surface area contributed by atoms with Gasteiger partial charge < -0.3 is 15.0 Å². The Bertz CT molecular complexity index is 756. The van der Waals surface area contributed by atoms with Crippen LogP contribution in [0.1, 0.15) is 37.7 Å². The zero-order chi connectivity index (χ0) is 21.2. The molecule has 1 atom stereocenters. The van der Waals surface area contributed by atoms with E-state index in [2.05, 4.69) is 50.3 Å². The highest BCUT2D eigenvalue weighted by atomic mass is 32.2. The zero-order valence-corrected chi connectivity index (χ0v) is 18.9. The molecule has 2 heterocycles. The molecule has 1 aromatic carbocycles. The lowest BCUT2D eigenvalue weighted by atomic mass is 9.90. The summed E-state index contributed by atoms with van der Waals surface area (Å²) < 4.78 is 32.8. The predicted octanol–water partition coefficient (Wildman–Crippen LogP) is 2.00. The summed E-state index contributed by atoms with van der Waals surface area (Å²) in [6.45, 7) is 3.33. The average Bonchev–Trinajstić information content (AvgIpc) is 2.78. The van der Waals surface area contributed by atoms with Crippen LogP contribution in [-0.2, 0) is 21.2 Å². The largest absolute Gasteiger partial charge is 0.377 e. The third-order valence-corrected chi connectivity index (χ3v) is 7.30. The minimum absolute atomic E-state index is 0.00595. The van der Waals surface area contributed by atoms with Crippen LogP contribution >= 0.6 is 0 Å². The summed E-state index contributed by atoms with van der Waals surface area (Å²) in [5.41, 5.74) is 1.40. The van der Waals surface area contributed by atoms with Crippen LogP contribution in [0.4, 0.5) is 0 Å². The molecule has 0 aliphatic carbocycles. The molecule has 0 aromatic heterocycles. The molecule has 1 unspecified atom stereocenters. The minimum atomic E-state index is -3.32. The van der Waals surface area contributed by atoms with Crippen LogP contribution in [0.2, 0.25) is 0 Å². The molecule has 2 saturated heterocycles. The lowest BCUT2D eigenvalue weighted by molar-refractivity contribution is 0.0200. The highest BCUT2D eigenvalue weighted by Crippen LogP contribution is 2.21. The summed E-state index contributed by atoms with van der Waals surface area (Å²) in [6, 6.07) is 10.6. The lowest BCUT2D eigenvalue weighted by Crippen LogP contribution is -2.47. The molecule has 2 aliphatic rings. The maximum absolute atomic E-state index is 12.3. The molecule has 0 amide bonds. The van der Waals surface area contributed by atoms with Crippen molar-refractivity contribution in [3.63, 3.8) is 0 Å². The molecule has 168 valence electrons. The fourth-order valence-corrected chi connectivity index (χ4v) is 5.14. The van der Waals surface area contributed by atoms with Crippen molar-refractivity contribution >= 4 is 16.0 Å². The first-order valence-corrected chi connectivity index (χ1v) is 12.8. The number of guanidine groups is 1. The van der Waals surface area contributed by atoms with Gasteiger partial charge in [0.05, 0.1) is 11.9 Å². The molecule has 0 spiro atoms. The van der Waals surface area contributed by atoms with Gasteiger partial charge in [0.25, 0.3) is 0 Å². The standard InChI is InChI=1S/C22H36N4O3S/c1-23-22(24-12-16-30(27,28)25-18-21-9-5-6-15-29-21)26-13-10-20(11-14-26)17-19-7-3-2-4-8-19/h2-4,7-8,20-21,25H,5-6,9-18H2,1H3,(H,23,24). The Hall–Kier alpha value is -1.64. The Morgan fingerprint density at radius 2 is 1.93 bits per heavy atom. The van der Waals surface area contributed by atoms with Crippen molar-refractivity contribution in [1.82, 2.24) is 14.9 Å². The second kappa shape index (κ2) is 11.7. The number of likely N-dealkylation sites (tertiary alicyclic amines) is 1. The predicted molar refractivity (Wildman–Crippen MR) is 121 cm³/mol. The third kappa shape index (κ3) is 7.56. The molecule has 1 aromatic rings. The Morgan fingerprint density at radius 3 is 2.60 bits per heavy atom. The van der Waals surface area contributed by atoms with E-state index in [0.29, 0.717) is 19.0 Å². The van der Waals surface area contributed by atoms with E-state index < -0.39 is 10.0 Å². The number of piperidine rings is 1. The van der Waals surface area contributed by atoms with Crippen molar-refractivity contribution in [2.24, 2.45) is 10.9 Å². The van der Waals surface area contributed by atoms with E-state index in [0.717, 1.165) is 64.2 Å². The Labute approximate surface area is 181 Å². The van der Waals surface area contributed by atoms with Gasteiger partial charge in [-0.1, -0.05) is 30.3 Å². The molecular weight excluding hydrogens is 400 g/mol. The van der Waals surface area contributed by atoms with E-state index in [9.17, 15) is 8.42 Å². The molecule has 2 N–H and O–H groups in total. The number of sulfonamides is 1. The van der Waals surface area contributed by atoms with Crippen LogP contribution in [0.15, 0.2) is 35.3 Å². The summed E-state index contributed by atoms with van der Waals surface area (Å²) in [6.07, 6.45) is 6.46. The lowest BCUT2D eigenvalue weighted by Gasteiger charge is -2.34. The maximum Gasteiger partial charge on any atom is 0.213 e. The zero-order valence-electron chi connectivity index (χ0n) is 18.1. The van der Waals surface area contributed by atoms with Gasteiger partial charge in [-0.15, -0.1) is 0 Å². The van der Waals surface area contributed by atoms with Crippen molar-refractivity contribution in [3.05, 3.63) is 35.9 Å². The van der Waals surface area contributed by atoms with Gasteiger partial charge in [0.1, 0.15) is 0 Å². The van der Waals surface area contributed by atoms with Gasteiger partial charge >= 0.3 is 0 Å². The number of hydrogen-bond donors (Lipinski definition) is 2. The molecule has 2 fully saturated rings. The summed E-state index contributed by atoms with van der Waals surface area (Å²) in [5.74, 6) is 1.51. The highest BCUT2D eigenvalue weighted by Gasteiger charge is 2.22. The van der Waals surface area contributed by atoms with E-state index in [1.54, 1.807) is 7.05 Å². The first-order chi connectivity index (χ1) is 14.6. The first kappa shape index (κ1) is 23.0. The van der Waals surface area contributed by atoms with Crippen LogP contribution < -0.4 is 10.0 Å². The molecule has 0 saturated carbocycles. The van der Waals surface area contributed by atoms with Crippen LogP contribution in [0, 0.1) is 5.92 Å². The Kier molecular flexibility index (Phi) is 8.96. The fraction of sp³-hybridized carbons (Fsp3) is 0.682. The van der Waals surface area contributed by atoms with E-state index in [1.165, 1.54) is 5.56 Å². The normalized spacial score (nSPS) is 21.6. The highest BCUT2D eigenvalue weighted by molar-refractivity contribution is 7.89. The number of rotatable bonds is 8. The van der Waals surface area contributed by atoms with Crippen molar-refractivity contribution in [3.8, 4) is 0 Å². The van der Waals surface area contributed by atoms with Crippen LogP contribution in [0.5, 0.6) is 0 Å². The van der Waals surface area contributed by atoms with E-state index in [1.807, 2.05) is 0 Å². The summed E-state index contributed by atoms with van der Waals surface area (Å²) in [7, 11) is -1.57. The number of aliphatic imine (C=N–C) groups is 1. The van der Waals surface area contributed by atoms with Crippen molar-refractivity contribution in [2.45, 2.75) is 44.6 Å². The topological polar surface area (TPSA) is 83.0 Å². The van der Waals surface area contributed by atoms with E-state index >= 15 is 0 Å². The molecule has 30 heavy (non-hydrogen) atoms. The summed E-state index contributed by atoms with van der Waals surface area (Å²) >= 11 is 0. The van der Waals surface area contributed by atoms with Gasteiger partial charge in [0.15, 0.2) is 5.96 Å². The van der Waals surface area contributed by atoms with Gasteiger partial charge in [0.2, 0.25) is 10.0 Å². The van der Waals surface area contributed by atoms with E-state index in [4.69, 9.17) is 4.74 Å². The Balaban J connectivity index is 1.36. The molecule has 7 nitrogen and oxygen atoms in total. The van der Waals surface area contributed by atoms with Gasteiger partial charge in [-0.2, -0.15) is 0 Å². The quantitative estimate of drug-likeness (QED) is 0.481. The summed E-state index contributed by atoms with van der Waals surface area (Å²) in [5, 5.41) is 3.22. The van der Waals surface area contributed by atoms with Crippen LogP contribution in [0.25, 0.3) is 0 Å². The van der Waals surface area contributed by atoms with Gasteiger partial charge in [0, 0.05) is 39.8 Å². The van der Waals surface area contributed by atoms with Crippen LogP contribution in [0.3, 0.4) is 0 Å². The second-order valence-corrected chi connectivity index (χ2v) is 10.2. The monoisotopic (exact) mass is 436 g/mol. The molecular formula is C22H36N4O3S. The number of benzene rings is 1. The van der Waals surface area contributed by atoms with Crippen molar-refractivity contribution in [2.75, 3.05) is 45.6 Å². The van der Waals surface area contributed by atoms with Gasteiger partial charge in [-0.25, -0.2) is 13.1 Å². The van der Waals surface area contributed by atoms with E-state index in [-0.39, 0.29) is 11.9 Å². The van der Waals surface area contributed by atoms with Gasteiger partial charge in [-0.05, 0) is 50.0 Å². The Morgan fingerprint density at radius 1 is 1.17 bits per heavy atom. The third-order valence-electron chi connectivity index (χ3n) is 5.95. The number of nitrogens with zero attached hydrogens (tertiary/aromatic N) is 2. The molecule has 8 heteroatoms. The first-order valence-electron chi connectivity index (χ1n) is 11.1. The summed E-state index contributed by atoms with van der Waals surface area (Å²) in [4.78, 5) is 6.59. The number of hydrogen-bond acceptors (Lipinski definition) is 4. The van der Waals surface area contributed by atoms with Crippen molar-refractivity contribution in [1.29, 1.82) is 0 Å². The second-order valence-electron chi connectivity index (χ2n) is 8.25. The molecule has 3 rings (SSSR count). The number of ether oxygens (including phenoxy) is 1. The molecule has 0 radical (unpaired) electrons.